The maximum atomic E-state index is 12.4. The smallest absolute Gasteiger partial charge is 0.376 e. The van der Waals surface area contributed by atoms with Crippen LogP contribution < -0.4 is 5.32 Å². The Morgan fingerprint density at radius 3 is 0.720 bits per heavy atom. The molecule has 4 amide bonds. The van der Waals surface area contributed by atoms with E-state index in [2.05, 4.69) is 62.0 Å². The average molecular weight is 1300 g/mol. The first-order valence-electron chi connectivity index (χ1n) is 37.6. The number of carbonyl (C=O) groups is 4. The van der Waals surface area contributed by atoms with Gasteiger partial charge in [-0.2, -0.15) is 0 Å². The maximum Gasteiger partial charge on any atom is 0.376 e. The van der Waals surface area contributed by atoms with Gasteiger partial charge in [-0.05, 0) is 171 Å². The number of nitrogens with zero attached hydrogens (tertiary/aromatic N) is 7. The first kappa shape index (κ1) is 94.0. The Labute approximate surface area is 574 Å². The Morgan fingerprint density at radius 1 is 0.323 bits per heavy atom. The van der Waals surface area contributed by atoms with Crippen LogP contribution in [-0.2, 0) is 26.2 Å². The van der Waals surface area contributed by atoms with E-state index >= 15 is 0 Å². The van der Waals surface area contributed by atoms with E-state index in [1.807, 2.05) is 255 Å². The number of carbonyl (C=O) groups excluding carboxylic acids is 4. The molecule has 14 heteroatoms. The van der Waals surface area contributed by atoms with Gasteiger partial charge in [0, 0.05) is 72.6 Å². The summed E-state index contributed by atoms with van der Waals surface area (Å²) in [6.45, 7) is 61.2. The molecule has 0 saturated carbocycles. The lowest BCUT2D eigenvalue weighted by Gasteiger charge is -2.37. The summed E-state index contributed by atoms with van der Waals surface area (Å²) in [6.07, 6.45) is 8.49. The number of amides is 4. The summed E-state index contributed by atoms with van der Waals surface area (Å²) in [5, 5.41) is 12.9. The van der Waals surface area contributed by atoms with E-state index in [4.69, 9.17) is 0 Å². The summed E-state index contributed by atoms with van der Waals surface area (Å²) >= 11 is 0. The molecule has 0 unspecified atom stereocenters. The SMILES string of the molecule is CB(O)N1CCC(N2Cc3ccccc3C2=O)CC1.CC.CC.CC.CC.CC.CC.CC.CC.CC.CC.CC.CC.CN1CCC(N2Cc3ccccc3C2=O)CC1.CN1CCC(N2Cc3ccccc3C2=O)CC1.O=C1c2ccccc2CN1C1CCNCC1. The molecule has 12 rings (SSSR count). The van der Waals surface area contributed by atoms with Gasteiger partial charge in [0.05, 0.1) is 0 Å². The molecule has 532 valence electrons. The Bertz CT molecular complexity index is 2360. The monoisotopic (exact) mass is 1300 g/mol. The highest BCUT2D eigenvalue weighted by Crippen LogP contribution is 2.32. The van der Waals surface area contributed by atoms with Crippen LogP contribution >= 0.6 is 0 Å². The Kier molecular flexibility index (Phi) is 59.8. The molecule has 13 nitrogen and oxygen atoms in total. The van der Waals surface area contributed by atoms with Crippen molar-refractivity contribution in [2.24, 2.45) is 0 Å². The van der Waals surface area contributed by atoms with Crippen molar-refractivity contribution >= 4 is 30.7 Å². The van der Waals surface area contributed by atoms with Crippen LogP contribution in [0.4, 0.5) is 0 Å². The molecule has 0 atom stereocenters. The predicted octanol–water partition coefficient (Wildman–Crippen LogP) is 18.4. The highest BCUT2D eigenvalue weighted by Gasteiger charge is 2.37. The average Bonchev–Trinajstić information content (AvgIpc) is 1.70. The van der Waals surface area contributed by atoms with E-state index in [1.54, 1.807) is 6.82 Å². The molecule has 0 aliphatic carbocycles. The van der Waals surface area contributed by atoms with E-state index in [0.717, 1.165) is 158 Å². The summed E-state index contributed by atoms with van der Waals surface area (Å²) in [4.78, 5) is 64.1. The quantitative estimate of drug-likeness (QED) is 0.188. The van der Waals surface area contributed by atoms with E-state index in [0.29, 0.717) is 24.2 Å². The zero-order chi connectivity index (χ0) is 72.0. The standard InChI is InChI=1S/C14H19BN2O2.2C14H18N2O.C13H16N2O.12C2H6/c1-15(19)16-8-6-12(7-9-16)17-10-11-4-2-3-5-13(11)14(17)18;2*1-15-8-6-12(7-9-15)16-10-11-4-2-3-5-13(11)14(16)17;16-13-12-4-2-1-3-10(12)9-15(13)11-5-7-14-8-6-11;12*1-2/h2-5,12,19H,6-10H2,1H3;2*2-5,12H,6-10H2,1H3;1-4,11,14H,5-9H2;12*1-2H3. The number of benzene rings is 4. The summed E-state index contributed by atoms with van der Waals surface area (Å²) in [5.41, 5.74) is 8.30. The van der Waals surface area contributed by atoms with Gasteiger partial charge >= 0.3 is 7.05 Å². The highest BCUT2D eigenvalue weighted by atomic mass is 16.2. The number of fused-ring (bicyclic) bond motifs is 4. The fraction of sp³-hybridized carbons (Fsp3) is 0.646. The molecule has 2 N–H and O–H groups in total. The molecule has 4 aromatic rings. The molecule has 4 aromatic carbocycles. The zero-order valence-electron chi connectivity index (χ0n) is 65.0. The first-order valence-corrected chi connectivity index (χ1v) is 37.6. The van der Waals surface area contributed by atoms with Crippen molar-refractivity contribution in [1.29, 1.82) is 0 Å². The molecule has 8 aliphatic rings. The van der Waals surface area contributed by atoms with Gasteiger partial charge in [0.1, 0.15) is 0 Å². The normalized spacial score (nSPS) is 16.7. The van der Waals surface area contributed by atoms with Crippen molar-refractivity contribution < 1.29 is 24.2 Å². The molecule has 0 aromatic heterocycles. The second-order valence-corrected chi connectivity index (χ2v) is 20.3. The van der Waals surface area contributed by atoms with Crippen LogP contribution in [0.1, 0.15) is 281 Å². The van der Waals surface area contributed by atoms with Crippen molar-refractivity contribution in [3.63, 3.8) is 0 Å². The molecule has 4 saturated heterocycles. The number of nitrogens with one attached hydrogen (secondary N) is 1. The highest BCUT2D eigenvalue weighted by molar-refractivity contribution is 6.45. The third-order valence-electron chi connectivity index (χ3n) is 15.9. The second-order valence-electron chi connectivity index (χ2n) is 20.3. The third-order valence-corrected chi connectivity index (χ3v) is 15.9. The second kappa shape index (κ2) is 59.1. The van der Waals surface area contributed by atoms with Gasteiger partial charge in [-0.15, -0.1) is 0 Å². The summed E-state index contributed by atoms with van der Waals surface area (Å²) < 4.78 is 0. The van der Waals surface area contributed by atoms with Crippen molar-refractivity contribution in [2.75, 3.05) is 66.5 Å². The number of rotatable bonds is 5. The van der Waals surface area contributed by atoms with Gasteiger partial charge < -0.3 is 44.6 Å². The zero-order valence-corrected chi connectivity index (χ0v) is 65.0. The van der Waals surface area contributed by atoms with E-state index in [9.17, 15) is 24.2 Å². The topological polar surface area (TPSA) is 123 Å². The number of piperidine rings is 4. The van der Waals surface area contributed by atoms with Crippen molar-refractivity contribution in [3.8, 4) is 0 Å². The van der Waals surface area contributed by atoms with Crippen LogP contribution in [0.2, 0.25) is 6.82 Å². The molecule has 0 spiro atoms. The summed E-state index contributed by atoms with van der Waals surface area (Å²) in [5.74, 6) is 0.860. The minimum Gasteiger partial charge on any atom is -0.437 e. The molecular weight excluding hydrogens is 1150 g/mol. The molecule has 0 radical (unpaired) electrons. The number of hydrogen-bond donors (Lipinski definition) is 2. The van der Waals surface area contributed by atoms with Gasteiger partial charge in [-0.3, -0.25) is 19.2 Å². The number of hydrogen-bond acceptors (Lipinski definition) is 9. The first-order chi connectivity index (χ1) is 45.5. The third kappa shape index (κ3) is 29.7. The summed E-state index contributed by atoms with van der Waals surface area (Å²) in [7, 11) is 3.92. The Hall–Kier alpha value is -5.38. The molecule has 8 aliphatic heterocycles. The lowest BCUT2D eigenvalue weighted by molar-refractivity contribution is 0.0610. The van der Waals surface area contributed by atoms with Crippen molar-refractivity contribution in [3.05, 3.63) is 142 Å². The molecule has 4 fully saturated rings. The Morgan fingerprint density at radius 2 is 0.516 bits per heavy atom. The van der Waals surface area contributed by atoms with Crippen LogP contribution in [0.25, 0.3) is 0 Å². The van der Waals surface area contributed by atoms with Crippen LogP contribution in [-0.4, -0.2) is 161 Å². The van der Waals surface area contributed by atoms with Gasteiger partial charge in [0.15, 0.2) is 0 Å². The van der Waals surface area contributed by atoms with Crippen molar-refractivity contribution in [1.82, 2.24) is 39.5 Å². The lowest BCUT2D eigenvalue weighted by atomic mass is 9.82. The minimum atomic E-state index is -0.382. The maximum absolute atomic E-state index is 12.4. The summed E-state index contributed by atoms with van der Waals surface area (Å²) in [6, 6.07) is 33.5. The minimum absolute atomic E-state index is 0.172. The van der Waals surface area contributed by atoms with E-state index < -0.39 is 0 Å². The van der Waals surface area contributed by atoms with Crippen LogP contribution in [0.3, 0.4) is 0 Å². The van der Waals surface area contributed by atoms with E-state index in [-0.39, 0.29) is 30.7 Å². The molecule has 8 heterocycles. The van der Waals surface area contributed by atoms with Gasteiger partial charge in [0.25, 0.3) is 23.6 Å². The fourth-order valence-electron chi connectivity index (χ4n) is 11.6. The van der Waals surface area contributed by atoms with E-state index in [1.165, 1.54) is 16.7 Å². The van der Waals surface area contributed by atoms with Crippen LogP contribution in [0, 0.1) is 0 Å². The molecule has 0 bridgehead atoms. The van der Waals surface area contributed by atoms with Crippen LogP contribution in [0.15, 0.2) is 97.1 Å². The van der Waals surface area contributed by atoms with Crippen LogP contribution in [0.5, 0.6) is 0 Å². The molecule has 93 heavy (non-hydrogen) atoms. The predicted molar refractivity (Wildman–Crippen MR) is 407 cm³/mol. The van der Waals surface area contributed by atoms with Gasteiger partial charge in [0.2, 0.25) is 0 Å². The fourth-order valence-corrected chi connectivity index (χ4v) is 11.6. The number of likely N-dealkylation sites (tertiary alicyclic amines) is 2. The Balaban J connectivity index is -0.000000511. The largest absolute Gasteiger partial charge is 0.437 e. The molecular formula is C79H143BN8O5. The lowest BCUT2D eigenvalue weighted by Crippen LogP contribution is -2.49. The van der Waals surface area contributed by atoms with Crippen molar-refractivity contribution in [2.45, 2.75) is 275 Å². The van der Waals surface area contributed by atoms with Gasteiger partial charge in [-0.25, -0.2) is 0 Å². The van der Waals surface area contributed by atoms with Gasteiger partial charge in [-0.1, -0.05) is 239 Å².